The number of halogens is 9. The van der Waals surface area contributed by atoms with E-state index in [1.807, 2.05) is 0 Å². The molecule has 16 heteroatoms. The Labute approximate surface area is 132 Å². The Kier molecular flexibility index (Phi) is 5.06. The number of methoxy groups -OCH3 is 1. The Morgan fingerprint density at radius 3 is 1.56 bits per heavy atom. The molecule has 0 aromatic rings. The van der Waals surface area contributed by atoms with Gasteiger partial charge < -0.3 is 18.7 Å². The number of alkyl halides is 9. The lowest BCUT2D eigenvalue weighted by atomic mass is 9.82. The lowest BCUT2D eigenvalue weighted by Gasteiger charge is -2.43. The summed E-state index contributed by atoms with van der Waals surface area (Å²) in [5.74, 6) is -4.17. The van der Waals surface area contributed by atoms with Gasteiger partial charge in [-0.3, -0.25) is 0 Å². The lowest BCUT2D eigenvalue weighted by Crippen LogP contribution is -2.72. The third-order valence-electron chi connectivity index (χ3n) is 3.17. The molecule has 0 N–H and O–H groups in total. The second-order valence-electron chi connectivity index (χ2n) is 4.63. The van der Waals surface area contributed by atoms with Gasteiger partial charge in [0, 0.05) is 0 Å². The maximum Gasteiger partial charge on any atom is 0.717 e. The summed E-state index contributed by atoms with van der Waals surface area (Å²) in [6.45, 7) is -0.583. The van der Waals surface area contributed by atoms with E-state index < -0.39 is 55.9 Å². The van der Waals surface area contributed by atoms with Crippen molar-refractivity contribution in [3.05, 3.63) is 0 Å². The second kappa shape index (κ2) is 5.93. The molecule has 1 unspecified atom stereocenters. The Bertz CT molecular complexity index is 541. The molecular formula is C9H6BF9O6. The molecule has 1 aliphatic heterocycles. The first-order valence-corrected chi connectivity index (χ1v) is 5.79. The fraction of sp³-hybridized carbons (Fsp3) is 0.778. The van der Waals surface area contributed by atoms with E-state index in [0.29, 0.717) is 7.11 Å². The zero-order chi connectivity index (χ0) is 20.1. The largest absolute Gasteiger partial charge is 0.717 e. The van der Waals surface area contributed by atoms with Crippen LogP contribution in [0.5, 0.6) is 0 Å². The molecule has 0 radical (unpaired) electrons. The third kappa shape index (κ3) is 3.12. The van der Waals surface area contributed by atoms with Crippen molar-refractivity contribution in [3.63, 3.8) is 0 Å². The summed E-state index contributed by atoms with van der Waals surface area (Å²) in [5.41, 5.74) is -11.0. The fourth-order valence-electron chi connectivity index (χ4n) is 1.92. The molecule has 144 valence electrons. The summed E-state index contributed by atoms with van der Waals surface area (Å²) < 4.78 is 131. The van der Waals surface area contributed by atoms with Crippen LogP contribution in [0.15, 0.2) is 0 Å². The molecule has 0 saturated carbocycles. The summed E-state index contributed by atoms with van der Waals surface area (Å²) >= 11 is 0. The smallest absolute Gasteiger partial charge is 0.476 e. The molecule has 0 bridgehead atoms. The SMILES string of the molecule is COC(=O)C(=O)OB1OC(C)(C(F)(F)F)C(C(F)(F)F)(C(F)(F)F)O1. The van der Waals surface area contributed by atoms with Gasteiger partial charge in [0.25, 0.3) is 5.60 Å². The van der Waals surface area contributed by atoms with E-state index in [0.717, 1.165) is 0 Å². The van der Waals surface area contributed by atoms with Crippen LogP contribution >= 0.6 is 0 Å². The van der Waals surface area contributed by atoms with Crippen LogP contribution in [0, 0.1) is 0 Å². The van der Waals surface area contributed by atoms with Crippen LogP contribution in [0.4, 0.5) is 39.5 Å². The highest BCUT2D eigenvalue weighted by Gasteiger charge is 2.91. The van der Waals surface area contributed by atoms with Crippen molar-refractivity contribution in [3.8, 4) is 0 Å². The van der Waals surface area contributed by atoms with Gasteiger partial charge in [-0.1, -0.05) is 0 Å². The van der Waals surface area contributed by atoms with Crippen molar-refractivity contribution in [2.75, 3.05) is 7.11 Å². The van der Waals surface area contributed by atoms with Crippen molar-refractivity contribution in [2.24, 2.45) is 0 Å². The van der Waals surface area contributed by atoms with Crippen LogP contribution in [-0.2, 0) is 28.3 Å². The molecule has 1 saturated heterocycles. The fourth-order valence-corrected chi connectivity index (χ4v) is 1.92. The number of hydrogen-bond acceptors (Lipinski definition) is 6. The minimum atomic E-state index is -6.69. The number of hydrogen-bond donors (Lipinski definition) is 0. The highest BCUT2D eigenvalue weighted by Crippen LogP contribution is 2.61. The van der Waals surface area contributed by atoms with Crippen molar-refractivity contribution < 1.29 is 67.8 Å². The van der Waals surface area contributed by atoms with Gasteiger partial charge in [0.2, 0.25) is 0 Å². The van der Waals surface area contributed by atoms with Gasteiger partial charge in [0.05, 0.1) is 7.11 Å². The maximum atomic E-state index is 13.0. The van der Waals surface area contributed by atoms with E-state index in [1.165, 1.54) is 0 Å². The second-order valence-corrected chi connectivity index (χ2v) is 4.63. The average molecular weight is 392 g/mol. The predicted octanol–water partition coefficient (Wildman–Crippen LogP) is 1.92. The lowest BCUT2D eigenvalue weighted by molar-refractivity contribution is -0.414. The molecular weight excluding hydrogens is 386 g/mol. The third-order valence-corrected chi connectivity index (χ3v) is 3.17. The monoisotopic (exact) mass is 392 g/mol. The van der Waals surface area contributed by atoms with Gasteiger partial charge in [-0.2, -0.15) is 39.5 Å². The number of esters is 1. The molecule has 1 atom stereocenters. The van der Waals surface area contributed by atoms with E-state index >= 15 is 0 Å². The van der Waals surface area contributed by atoms with Crippen molar-refractivity contribution in [1.29, 1.82) is 0 Å². The van der Waals surface area contributed by atoms with E-state index in [1.54, 1.807) is 0 Å². The Hall–Kier alpha value is -1.71. The molecule has 0 aromatic carbocycles. The van der Waals surface area contributed by atoms with Crippen LogP contribution in [0.25, 0.3) is 0 Å². The first-order chi connectivity index (χ1) is 10.9. The Morgan fingerprint density at radius 1 is 0.840 bits per heavy atom. The number of carbonyl (C=O) groups excluding carboxylic acids is 2. The summed E-state index contributed by atoms with van der Waals surface area (Å²) in [6.07, 6.45) is -19.7. The number of carbonyl (C=O) groups is 2. The number of rotatable bonds is 1. The molecule has 0 amide bonds. The minimum absolute atomic E-state index is 0.579. The van der Waals surface area contributed by atoms with Crippen molar-refractivity contribution in [1.82, 2.24) is 0 Å². The molecule has 0 spiro atoms. The van der Waals surface area contributed by atoms with E-state index in [-0.39, 0.29) is 0 Å². The molecule has 6 nitrogen and oxygen atoms in total. The quantitative estimate of drug-likeness (QED) is 0.294. The van der Waals surface area contributed by atoms with Gasteiger partial charge in [-0.25, -0.2) is 9.59 Å². The van der Waals surface area contributed by atoms with Crippen LogP contribution in [-0.4, -0.2) is 56.1 Å². The van der Waals surface area contributed by atoms with Gasteiger partial charge >= 0.3 is 37.8 Å². The van der Waals surface area contributed by atoms with Crippen LogP contribution in [0.1, 0.15) is 6.92 Å². The summed E-state index contributed by atoms with van der Waals surface area (Å²) in [6, 6.07) is 0. The van der Waals surface area contributed by atoms with Crippen molar-refractivity contribution in [2.45, 2.75) is 36.7 Å². The summed E-state index contributed by atoms with van der Waals surface area (Å²) in [7, 11) is -2.86. The zero-order valence-corrected chi connectivity index (χ0v) is 11.9. The average Bonchev–Trinajstić information content (AvgIpc) is 2.71. The maximum absolute atomic E-state index is 13.0. The minimum Gasteiger partial charge on any atom is -0.476 e. The van der Waals surface area contributed by atoms with E-state index in [2.05, 4.69) is 18.7 Å². The molecule has 0 aliphatic carbocycles. The Morgan fingerprint density at radius 2 is 1.28 bits per heavy atom. The van der Waals surface area contributed by atoms with Crippen LogP contribution < -0.4 is 0 Å². The van der Waals surface area contributed by atoms with Crippen LogP contribution in [0.2, 0.25) is 0 Å². The molecule has 1 heterocycles. The summed E-state index contributed by atoms with van der Waals surface area (Å²) in [5, 5.41) is 0. The van der Waals surface area contributed by atoms with E-state index in [9.17, 15) is 49.1 Å². The number of ether oxygens (including phenoxy) is 1. The zero-order valence-electron chi connectivity index (χ0n) is 11.9. The highest BCUT2D eigenvalue weighted by atomic mass is 19.4. The predicted molar refractivity (Wildman–Crippen MR) is 55.3 cm³/mol. The molecule has 25 heavy (non-hydrogen) atoms. The summed E-state index contributed by atoms with van der Waals surface area (Å²) in [4.78, 5) is 21.7. The van der Waals surface area contributed by atoms with Gasteiger partial charge in [-0.15, -0.1) is 0 Å². The van der Waals surface area contributed by atoms with Gasteiger partial charge in [0.15, 0.2) is 5.60 Å². The first kappa shape index (κ1) is 21.3. The van der Waals surface area contributed by atoms with E-state index in [4.69, 9.17) is 0 Å². The molecule has 0 aromatic heterocycles. The first-order valence-electron chi connectivity index (χ1n) is 5.79. The van der Waals surface area contributed by atoms with Crippen LogP contribution in [0.3, 0.4) is 0 Å². The standard InChI is InChI=1S/C9H6BF9O6/c1-5(7(11,12)13)6(8(14,15)16,9(17,18)19)25-10(24-5)23-4(21)3(20)22-2/h1-2H3. The highest BCUT2D eigenvalue weighted by molar-refractivity contribution is 6.46. The Balaban J connectivity index is 3.47. The topological polar surface area (TPSA) is 71.1 Å². The molecule has 1 aliphatic rings. The van der Waals surface area contributed by atoms with Gasteiger partial charge in [0.1, 0.15) is 0 Å². The molecule has 1 fully saturated rings. The van der Waals surface area contributed by atoms with Gasteiger partial charge in [-0.05, 0) is 6.92 Å². The van der Waals surface area contributed by atoms with Crippen molar-refractivity contribution >= 4 is 19.3 Å². The normalized spacial score (nSPS) is 24.2. The molecule has 1 rings (SSSR count).